The van der Waals surface area contributed by atoms with Gasteiger partial charge in [0.1, 0.15) is 11.4 Å². The molecule has 2 N–H and O–H groups in total. The Kier molecular flexibility index (Phi) is 4.78. The van der Waals surface area contributed by atoms with Gasteiger partial charge in [-0.25, -0.2) is 4.68 Å². The van der Waals surface area contributed by atoms with Gasteiger partial charge in [0.2, 0.25) is 0 Å². The minimum atomic E-state index is -0.0165. The minimum Gasteiger partial charge on any atom is -0.365 e. The van der Waals surface area contributed by atoms with Crippen LogP contribution in [-0.4, -0.2) is 21.2 Å². The SMILES string of the molecule is O=C(NC12CC3CC(CC(C3)C1)C2)c1cnn(-c2ccccc2)c1NCc1ccccc1. The van der Waals surface area contributed by atoms with E-state index in [1.165, 1.54) is 24.8 Å². The maximum Gasteiger partial charge on any atom is 0.257 e. The van der Waals surface area contributed by atoms with Crippen molar-refractivity contribution in [2.24, 2.45) is 17.8 Å². The van der Waals surface area contributed by atoms with E-state index < -0.39 is 0 Å². The Balaban J connectivity index is 1.29. The minimum absolute atomic E-state index is 0.00435. The summed E-state index contributed by atoms with van der Waals surface area (Å²) >= 11 is 0. The number of rotatable bonds is 6. The lowest BCUT2D eigenvalue weighted by Gasteiger charge is -2.56. The van der Waals surface area contributed by atoms with Crippen molar-refractivity contribution >= 4 is 11.7 Å². The van der Waals surface area contributed by atoms with Crippen molar-refractivity contribution in [2.45, 2.75) is 50.6 Å². The van der Waals surface area contributed by atoms with Gasteiger partial charge in [-0.15, -0.1) is 0 Å². The summed E-state index contributed by atoms with van der Waals surface area (Å²) in [5.74, 6) is 3.14. The molecule has 164 valence electrons. The first-order valence-electron chi connectivity index (χ1n) is 11.9. The van der Waals surface area contributed by atoms with E-state index in [1.807, 2.05) is 53.2 Å². The zero-order valence-electron chi connectivity index (χ0n) is 18.3. The highest BCUT2D eigenvalue weighted by Crippen LogP contribution is 2.55. The molecular weight excluding hydrogens is 396 g/mol. The average molecular weight is 427 g/mol. The van der Waals surface area contributed by atoms with Gasteiger partial charge in [-0.2, -0.15) is 5.10 Å². The highest BCUT2D eigenvalue weighted by molar-refractivity contribution is 5.99. The maximum absolute atomic E-state index is 13.6. The quantitative estimate of drug-likeness (QED) is 0.571. The van der Waals surface area contributed by atoms with Crippen LogP contribution in [0.3, 0.4) is 0 Å². The molecule has 0 atom stereocenters. The molecule has 0 saturated heterocycles. The molecule has 1 amide bonds. The van der Waals surface area contributed by atoms with Gasteiger partial charge in [0.05, 0.1) is 11.9 Å². The van der Waals surface area contributed by atoms with Gasteiger partial charge >= 0.3 is 0 Å². The second-order valence-corrected chi connectivity index (χ2v) is 10.1. The van der Waals surface area contributed by atoms with E-state index >= 15 is 0 Å². The van der Waals surface area contributed by atoms with Crippen molar-refractivity contribution in [1.82, 2.24) is 15.1 Å². The van der Waals surface area contributed by atoms with Gasteiger partial charge in [-0.1, -0.05) is 48.5 Å². The predicted octanol–water partition coefficient (Wildman–Crippen LogP) is 5.18. The van der Waals surface area contributed by atoms with Gasteiger partial charge in [-0.05, 0) is 74.0 Å². The highest BCUT2D eigenvalue weighted by atomic mass is 16.1. The summed E-state index contributed by atoms with van der Waals surface area (Å²) in [6.07, 6.45) is 9.25. The normalized spacial score (nSPS) is 27.9. The van der Waals surface area contributed by atoms with Gasteiger partial charge in [0.25, 0.3) is 5.91 Å². The third kappa shape index (κ3) is 3.60. The Morgan fingerprint density at radius 3 is 2.12 bits per heavy atom. The van der Waals surface area contributed by atoms with Crippen LogP contribution in [0.2, 0.25) is 0 Å². The van der Waals surface area contributed by atoms with Crippen LogP contribution in [0.5, 0.6) is 0 Å². The van der Waals surface area contributed by atoms with Crippen molar-refractivity contribution in [3.63, 3.8) is 0 Å². The van der Waals surface area contributed by atoms with Crippen LogP contribution < -0.4 is 10.6 Å². The first-order chi connectivity index (χ1) is 15.7. The summed E-state index contributed by atoms with van der Waals surface area (Å²) in [6.45, 7) is 0.636. The van der Waals surface area contributed by atoms with E-state index in [0.717, 1.165) is 48.5 Å². The fourth-order valence-corrected chi connectivity index (χ4v) is 6.80. The van der Waals surface area contributed by atoms with Crippen molar-refractivity contribution in [2.75, 3.05) is 5.32 Å². The summed E-state index contributed by atoms with van der Waals surface area (Å²) in [5.41, 5.74) is 2.72. The predicted molar refractivity (Wildman–Crippen MR) is 126 cm³/mol. The standard InChI is InChI=1S/C27H30N4O/c32-26(30-27-14-20-11-21(15-27)13-22(12-20)16-27)24-18-29-31(23-9-5-2-6-10-23)25(24)28-17-19-7-3-1-4-8-19/h1-10,18,20-22,28H,11-17H2,(H,30,32). The molecule has 0 unspecified atom stereocenters. The molecular formula is C27H30N4O. The number of carbonyl (C=O) groups excluding carboxylic acids is 1. The summed E-state index contributed by atoms with van der Waals surface area (Å²) < 4.78 is 1.84. The van der Waals surface area contributed by atoms with Crippen LogP contribution in [0.1, 0.15) is 54.4 Å². The summed E-state index contributed by atoms with van der Waals surface area (Å²) in [5, 5.41) is 11.6. The molecule has 1 heterocycles. The fourth-order valence-electron chi connectivity index (χ4n) is 6.80. The van der Waals surface area contributed by atoms with Crippen molar-refractivity contribution in [3.8, 4) is 5.69 Å². The summed E-state index contributed by atoms with van der Waals surface area (Å²) in [7, 11) is 0. The lowest BCUT2D eigenvalue weighted by Crippen LogP contribution is -2.59. The van der Waals surface area contributed by atoms with E-state index in [-0.39, 0.29) is 11.4 Å². The third-order valence-corrected chi connectivity index (χ3v) is 7.73. The summed E-state index contributed by atoms with van der Waals surface area (Å²) in [4.78, 5) is 13.6. The molecule has 4 saturated carbocycles. The van der Waals surface area contributed by atoms with Crippen LogP contribution in [0.4, 0.5) is 5.82 Å². The van der Waals surface area contributed by atoms with E-state index in [4.69, 9.17) is 0 Å². The molecule has 4 fully saturated rings. The number of hydrogen-bond donors (Lipinski definition) is 2. The lowest BCUT2D eigenvalue weighted by atomic mass is 9.53. The van der Waals surface area contributed by atoms with E-state index in [2.05, 4.69) is 27.9 Å². The van der Waals surface area contributed by atoms with Crippen LogP contribution in [0.25, 0.3) is 5.69 Å². The zero-order chi connectivity index (χ0) is 21.5. The van der Waals surface area contributed by atoms with Crippen LogP contribution in [0.15, 0.2) is 66.9 Å². The molecule has 32 heavy (non-hydrogen) atoms. The van der Waals surface area contributed by atoms with Gasteiger partial charge < -0.3 is 10.6 Å². The number of amides is 1. The third-order valence-electron chi connectivity index (χ3n) is 7.73. The van der Waals surface area contributed by atoms with E-state index in [0.29, 0.717) is 12.1 Å². The molecule has 5 heteroatoms. The topological polar surface area (TPSA) is 59.0 Å². The zero-order valence-corrected chi connectivity index (χ0v) is 18.3. The smallest absolute Gasteiger partial charge is 0.257 e. The Hall–Kier alpha value is -3.08. The Bertz CT molecular complexity index is 1070. The maximum atomic E-state index is 13.6. The fraction of sp³-hybridized carbons (Fsp3) is 0.407. The molecule has 0 aliphatic heterocycles. The number of nitrogens with one attached hydrogen (secondary N) is 2. The number of hydrogen-bond acceptors (Lipinski definition) is 3. The number of benzene rings is 2. The monoisotopic (exact) mass is 426 g/mol. The van der Waals surface area contributed by atoms with Gasteiger partial charge in [0, 0.05) is 12.1 Å². The van der Waals surface area contributed by atoms with Crippen molar-refractivity contribution in [3.05, 3.63) is 78.0 Å². The highest BCUT2D eigenvalue weighted by Gasteiger charge is 2.51. The number of para-hydroxylation sites is 1. The molecule has 5 nitrogen and oxygen atoms in total. The van der Waals surface area contributed by atoms with Crippen LogP contribution >= 0.6 is 0 Å². The molecule has 0 spiro atoms. The molecule has 0 radical (unpaired) electrons. The van der Waals surface area contributed by atoms with E-state index in [9.17, 15) is 4.79 Å². The molecule has 1 aromatic heterocycles. The first kappa shape index (κ1) is 19.6. The van der Waals surface area contributed by atoms with Crippen LogP contribution in [-0.2, 0) is 6.54 Å². The van der Waals surface area contributed by atoms with Gasteiger partial charge in [0.15, 0.2) is 0 Å². The molecule has 4 aliphatic rings. The molecule has 3 aromatic rings. The van der Waals surface area contributed by atoms with Crippen molar-refractivity contribution in [1.29, 1.82) is 0 Å². The van der Waals surface area contributed by atoms with Crippen molar-refractivity contribution < 1.29 is 4.79 Å². The molecule has 4 aliphatic carbocycles. The first-order valence-corrected chi connectivity index (χ1v) is 11.9. The van der Waals surface area contributed by atoms with E-state index in [1.54, 1.807) is 6.20 Å². The van der Waals surface area contributed by atoms with Gasteiger partial charge in [-0.3, -0.25) is 4.79 Å². The molecule has 7 rings (SSSR count). The molecule has 2 aromatic carbocycles. The number of anilines is 1. The Labute approximate surface area is 189 Å². The second-order valence-electron chi connectivity index (χ2n) is 10.1. The van der Waals surface area contributed by atoms with Crippen LogP contribution in [0, 0.1) is 17.8 Å². The average Bonchev–Trinajstić information content (AvgIpc) is 3.22. The summed E-state index contributed by atoms with van der Waals surface area (Å²) in [6, 6.07) is 20.3. The lowest BCUT2D eigenvalue weighted by molar-refractivity contribution is -0.0166. The second kappa shape index (κ2) is 7.80. The molecule has 4 bridgehead atoms. The Morgan fingerprint density at radius 1 is 0.906 bits per heavy atom. The number of aromatic nitrogens is 2. The Morgan fingerprint density at radius 2 is 1.50 bits per heavy atom. The largest absolute Gasteiger partial charge is 0.365 e. The number of carbonyl (C=O) groups is 1. The number of nitrogens with zero attached hydrogens (tertiary/aromatic N) is 2.